The summed E-state index contributed by atoms with van der Waals surface area (Å²) in [7, 11) is 1.35. The normalized spacial score (nSPS) is 10.2. The van der Waals surface area contributed by atoms with Crippen LogP contribution in [0.5, 0.6) is 0 Å². The Kier molecular flexibility index (Phi) is 4.29. The average Bonchev–Trinajstić information content (AvgIpc) is 2.41. The number of carbonyl (C=O) groups excluding carboxylic acids is 1. The molecule has 0 aliphatic carbocycles. The molecule has 0 fully saturated rings. The maximum atomic E-state index is 11.7. The number of rotatable bonds is 3. The standard InChI is InChI=1S/C13H11ClN2O2S/c1-18-13(17)9-4-2-3-5-11(9)19-12-10(15)6-8(14)7-16-12/h2-7H,15H2,1H3. The minimum atomic E-state index is -0.393. The van der Waals surface area contributed by atoms with Crippen molar-refractivity contribution in [3.63, 3.8) is 0 Å². The Morgan fingerprint density at radius 1 is 1.42 bits per heavy atom. The van der Waals surface area contributed by atoms with E-state index >= 15 is 0 Å². The van der Waals surface area contributed by atoms with Crippen LogP contribution in [0.4, 0.5) is 5.69 Å². The van der Waals surface area contributed by atoms with Gasteiger partial charge in [-0.15, -0.1) is 0 Å². The third-order valence-corrected chi connectivity index (χ3v) is 3.66. The third kappa shape index (κ3) is 3.19. The van der Waals surface area contributed by atoms with Gasteiger partial charge in [0.1, 0.15) is 5.03 Å². The maximum absolute atomic E-state index is 11.7. The van der Waals surface area contributed by atoms with Gasteiger partial charge in [0, 0.05) is 11.1 Å². The molecular weight excluding hydrogens is 284 g/mol. The summed E-state index contributed by atoms with van der Waals surface area (Å²) >= 11 is 7.10. The molecule has 0 aliphatic heterocycles. The van der Waals surface area contributed by atoms with Crippen LogP contribution in [0.15, 0.2) is 46.5 Å². The number of nitrogens with two attached hydrogens (primary N) is 1. The van der Waals surface area contributed by atoms with E-state index in [1.165, 1.54) is 25.1 Å². The van der Waals surface area contributed by atoms with Crippen LogP contribution >= 0.6 is 23.4 Å². The molecule has 0 amide bonds. The summed E-state index contributed by atoms with van der Waals surface area (Å²) in [5.74, 6) is -0.393. The van der Waals surface area contributed by atoms with Crippen molar-refractivity contribution in [2.75, 3.05) is 12.8 Å². The van der Waals surface area contributed by atoms with E-state index < -0.39 is 5.97 Å². The van der Waals surface area contributed by atoms with Gasteiger partial charge in [-0.25, -0.2) is 9.78 Å². The molecule has 1 heterocycles. The Labute approximate surface area is 119 Å². The number of nitrogen functional groups attached to an aromatic ring is 1. The summed E-state index contributed by atoms with van der Waals surface area (Å²) in [6.07, 6.45) is 1.51. The van der Waals surface area contributed by atoms with Crippen LogP contribution in [-0.2, 0) is 4.74 Å². The van der Waals surface area contributed by atoms with Crippen LogP contribution in [0.3, 0.4) is 0 Å². The lowest BCUT2D eigenvalue weighted by Crippen LogP contribution is -2.03. The van der Waals surface area contributed by atoms with Gasteiger partial charge in [0.2, 0.25) is 0 Å². The molecule has 0 saturated heterocycles. The summed E-state index contributed by atoms with van der Waals surface area (Å²) in [6, 6.07) is 8.74. The third-order valence-electron chi connectivity index (χ3n) is 2.34. The van der Waals surface area contributed by atoms with E-state index in [-0.39, 0.29) is 0 Å². The number of anilines is 1. The van der Waals surface area contributed by atoms with Gasteiger partial charge >= 0.3 is 5.97 Å². The molecule has 0 radical (unpaired) electrons. The monoisotopic (exact) mass is 294 g/mol. The lowest BCUT2D eigenvalue weighted by molar-refractivity contribution is 0.0597. The Hall–Kier alpha value is -1.72. The highest BCUT2D eigenvalue weighted by Gasteiger charge is 2.13. The maximum Gasteiger partial charge on any atom is 0.339 e. The molecule has 0 unspecified atom stereocenters. The second-order valence-corrected chi connectivity index (χ2v) is 5.10. The quantitative estimate of drug-likeness (QED) is 0.880. The fourth-order valence-electron chi connectivity index (χ4n) is 1.47. The number of carbonyl (C=O) groups is 1. The molecule has 0 bridgehead atoms. The average molecular weight is 295 g/mol. The van der Waals surface area contributed by atoms with Gasteiger partial charge < -0.3 is 10.5 Å². The summed E-state index contributed by atoms with van der Waals surface area (Å²) in [6.45, 7) is 0. The number of benzene rings is 1. The van der Waals surface area contributed by atoms with E-state index in [0.717, 1.165) is 4.90 Å². The molecule has 19 heavy (non-hydrogen) atoms. The fraction of sp³-hybridized carbons (Fsp3) is 0.0769. The second-order valence-electron chi connectivity index (χ2n) is 3.64. The van der Waals surface area contributed by atoms with Crippen molar-refractivity contribution < 1.29 is 9.53 Å². The molecule has 0 aliphatic rings. The zero-order valence-corrected chi connectivity index (χ0v) is 11.7. The Morgan fingerprint density at radius 3 is 2.84 bits per heavy atom. The Bertz CT molecular complexity index is 619. The zero-order valence-electron chi connectivity index (χ0n) is 10.1. The molecule has 4 nitrogen and oxygen atoms in total. The minimum absolute atomic E-state index is 0.393. The van der Waals surface area contributed by atoms with Crippen molar-refractivity contribution in [2.45, 2.75) is 9.92 Å². The number of pyridine rings is 1. The van der Waals surface area contributed by atoms with Crippen LogP contribution in [0.1, 0.15) is 10.4 Å². The molecule has 2 rings (SSSR count). The topological polar surface area (TPSA) is 65.2 Å². The highest BCUT2D eigenvalue weighted by molar-refractivity contribution is 7.99. The van der Waals surface area contributed by atoms with E-state index in [2.05, 4.69) is 4.98 Å². The molecule has 6 heteroatoms. The van der Waals surface area contributed by atoms with Crippen LogP contribution in [0.2, 0.25) is 5.02 Å². The van der Waals surface area contributed by atoms with Crippen molar-refractivity contribution in [1.29, 1.82) is 0 Å². The summed E-state index contributed by atoms with van der Waals surface area (Å²) in [4.78, 5) is 16.5. The first-order valence-electron chi connectivity index (χ1n) is 5.38. The van der Waals surface area contributed by atoms with E-state index in [0.29, 0.717) is 21.3 Å². The lowest BCUT2D eigenvalue weighted by Gasteiger charge is -2.08. The van der Waals surface area contributed by atoms with E-state index in [9.17, 15) is 4.79 Å². The van der Waals surface area contributed by atoms with Crippen LogP contribution in [-0.4, -0.2) is 18.1 Å². The summed E-state index contributed by atoms with van der Waals surface area (Å²) < 4.78 is 4.74. The molecule has 98 valence electrons. The number of halogens is 1. The number of nitrogens with zero attached hydrogens (tertiary/aromatic N) is 1. The molecule has 1 aromatic carbocycles. The van der Waals surface area contributed by atoms with Crippen LogP contribution < -0.4 is 5.73 Å². The van der Waals surface area contributed by atoms with Gasteiger partial charge in [-0.1, -0.05) is 35.5 Å². The first kappa shape index (κ1) is 13.7. The molecule has 0 saturated carbocycles. The number of aromatic nitrogens is 1. The highest BCUT2D eigenvalue weighted by Crippen LogP contribution is 2.33. The first-order chi connectivity index (χ1) is 9.11. The van der Waals surface area contributed by atoms with Gasteiger partial charge in [-0.05, 0) is 18.2 Å². The van der Waals surface area contributed by atoms with Gasteiger partial charge in [-0.2, -0.15) is 0 Å². The number of hydrogen-bond acceptors (Lipinski definition) is 5. The number of esters is 1. The van der Waals surface area contributed by atoms with Crippen molar-refractivity contribution in [1.82, 2.24) is 4.98 Å². The van der Waals surface area contributed by atoms with Crippen molar-refractivity contribution in [3.8, 4) is 0 Å². The minimum Gasteiger partial charge on any atom is -0.465 e. The highest BCUT2D eigenvalue weighted by atomic mass is 35.5. The Balaban J connectivity index is 2.35. The van der Waals surface area contributed by atoms with E-state index in [1.807, 2.05) is 12.1 Å². The molecule has 2 aromatic rings. The largest absolute Gasteiger partial charge is 0.465 e. The van der Waals surface area contributed by atoms with Crippen molar-refractivity contribution in [2.24, 2.45) is 0 Å². The summed E-state index contributed by atoms with van der Waals surface area (Å²) in [5.41, 5.74) is 6.79. The Morgan fingerprint density at radius 2 is 2.16 bits per heavy atom. The van der Waals surface area contributed by atoms with Crippen LogP contribution in [0, 0.1) is 0 Å². The molecule has 1 aromatic heterocycles. The predicted octanol–water partition coefficient (Wildman–Crippen LogP) is 3.26. The molecule has 0 spiro atoms. The number of hydrogen-bond donors (Lipinski definition) is 1. The van der Waals surface area contributed by atoms with Crippen LogP contribution in [0.25, 0.3) is 0 Å². The SMILES string of the molecule is COC(=O)c1ccccc1Sc1ncc(Cl)cc1N. The second kappa shape index (κ2) is 5.95. The van der Waals surface area contributed by atoms with Gasteiger partial charge in [-0.3, -0.25) is 0 Å². The molecule has 0 atom stereocenters. The van der Waals surface area contributed by atoms with Crippen molar-refractivity contribution >= 4 is 35.0 Å². The lowest BCUT2D eigenvalue weighted by atomic mass is 10.2. The van der Waals surface area contributed by atoms with Gasteiger partial charge in [0.15, 0.2) is 0 Å². The number of methoxy groups -OCH3 is 1. The van der Waals surface area contributed by atoms with E-state index in [1.54, 1.807) is 18.2 Å². The first-order valence-corrected chi connectivity index (χ1v) is 6.57. The van der Waals surface area contributed by atoms with Gasteiger partial charge in [0.05, 0.1) is 23.4 Å². The van der Waals surface area contributed by atoms with Crippen molar-refractivity contribution in [3.05, 3.63) is 47.1 Å². The predicted molar refractivity (Wildman–Crippen MR) is 75.6 cm³/mol. The number of ether oxygens (including phenoxy) is 1. The molecule has 2 N–H and O–H groups in total. The summed E-state index contributed by atoms with van der Waals surface area (Å²) in [5, 5.41) is 1.07. The van der Waals surface area contributed by atoms with E-state index in [4.69, 9.17) is 22.1 Å². The molecular formula is C13H11ClN2O2S. The fourth-order valence-corrected chi connectivity index (χ4v) is 2.53. The van der Waals surface area contributed by atoms with Gasteiger partial charge in [0.25, 0.3) is 0 Å². The zero-order chi connectivity index (χ0) is 13.8. The smallest absolute Gasteiger partial charge is 0.339 e.